The summed E-state index contributed by atoms with van der Waals surface area (Å²) in [6, 6.07) is 0. The van der Waals surface area contributed by atoms with E-state index >= 15 is 0 Å². The molecule has 6 atom stereocenters. The molecule has 6 unspecified atom stereocenters. The third-order valence-corrected chi connectivity index (χ3v) is 7.41. The molecule has 0 aromatic rings. The van der Waals surface area contributed by atoms with Crippen LogP contribution in [0.1, 0.15) is 32.6 Å². The average Bonchev–Trinajstić information content (AvgIpc) is 2.86. The Kier molecular flexibility index (Phi) is 4.53. The van der Waals surface area contributed by atoms with Crippen LogP contribution in [0.15, 0.2) is 0 Å². The lowest BCUT2D eigenvalue weighted by molar-refractivity contribution is -0.932. The van der Waals surface area contributed by atoms with Crippen molar-refractivity contribution in [3.63, 3.8) is 0 Å². The van der Waals surface area contributed by atoms with Crippen LogP contribution < -0.4 is 15.8 Å². The monoisotopic (exact) mass is 322 g/mol. The maximum absolute atomic E-state index is 12.3. The number of alkyl halides is 1. The van der Waals surface area contributed by atoms with Gasteiger partial charge in [-0.2, -0.15) is 0 Å². The molecule has 0 radical (unpaired) electrons. The lowest BCUT2D eigenvalue weighted by Crippen LogP contribution is -3.18. The van der Waals surface area contributed by atoms with Crippen LogP contribution in [0.3, 0.4) is 0 Å². The van der Waals surface area contributed by atoms with Crippen molar-refractivity contribution < 1.29 is 9.80 Å². The maximum atomic E-state index is 12.3. The van der Waals surface area contributed by atoms with Gasteiger partial charge in [-0.05, 0) is 31.5 Å². The Hall–Kier alpha value is 0.380. The van der Waals surface area contributed by atoms with Gasteiger partial charge >= 0.3 is 0 Å². The zero-order chi connectivity index (χ0) is 13.4. The van der Waals surface area contributed by atoms with Crippen LogP contribution >= 0.6 is 35.1 Å². The summed E-state index contributed by atoms with van der Waals surface area (Å²) >= 11 is 10.1. The first kappa shape index (κ1) is 14.3. The Morgan fingerprint density at radius 1 is 1.37 bits per heavy atom. The number of hydrogen-bond donors (Lipinski definition) is 3. The van der Waals surface area contributed by atoms with Crippen LogP contribution in [0.25, 0.3) is 0 Å². The number of fused-ring (bicyclic) bond motifs is 1. The van der Waals surface area contributed by atoms with E-state index in [1.54, 1.807) is 0 Å². The predicted octanol–water partition coefficient (Wildman–Crippen LogP) is 0.739. The molecule has 0 spiro atoms. The smallest absolute Gasteiger partial charge is 0.226 e. The van der Waals surface area contributed by atoms with Crippen LogP contribution in [0.4, 0.5) is 0 Å². The van der Waals surface area contributed by atoms with E-state index in [9.17, 15) is 4.79 Å². The van der Waals surface area contributed by atoms with Gasteiger partial charge in [0.05, 0.1) is 11.2 Å². The molecule has 0 aromatic heterocycles. The van der Waals surface area contributed by atoms with E-state index in [0.29, 0.717) is 9.96 Å². The summed E-state index contributed by atoms with van der Waals surface area (Å²) in [6.07, 6.45) is 4.18. The molecule has 4 nitrogen and oxygen atoms in total. The minimum absolute atomic E-state index is 0.00478. The zero-order valence-electron chi connectivity index (χ0n) is 11.0. The Morgan fingerprint density at radius 2 is 2.16 bits per heavy atom. The summed E-state index contributed by atoms with van der Waals surface area (Å²) in [6.45, 7) is 3.38. The van der Waals surface area contributed by atoms with Crippen molar-refractivity contribution >= 4 is 41.0 Å². The summed E-state index contributed by atoms with van der Waals surface area (Å²) in [7, 11) is 0. The van der Waals surface area contributed by atoms with E-state index < -0.39 is 0 Å². The highest BCUT2D eigenvalue weighted by atomic mass is 35.5. The second-order valence-corrected chi connectivity index (χ2v) is 9.21. The van der Waals surface area contributed by atoms with Crippen LogP contribution in [0.5, 0.6) is 0 Å². The summed E-state index contributed by atoms with van der Waals surface area (Å²) in [5.74, 6) is 0.123. The van der Waals surface area contributed by atoms with Crippen LogP contribution in [0.2, 0.25) is 0 Å². The molecular formula is C12H21ClN3OS2+. The average molecular weight is 323 g/mol. The van der Waals surface area contributed by atoms with Gasteiger partial charge in [0.1, 0.15) is 6.54 Å². The summed E-state index contributed by atoms with van der Waals surface area (Å²) in [4.78, 5) is 12.3. The standard InChI is InChI=1S/C12H20ClN3OS2/c1-7-6-16-12(18-7)19-11(15-16)14-10(17)8-4-2-3-5-9(8)13/h7-9,11-12,15H,2-6H2,1H3,(H,14,17)/p+1. The molecule has 1 aliphatic carbocycles. The zero-order valence-corrected chi connectivity index (χ0v) is 13.4. The first-order valence-electron chi connectivity index (χ1n) is 7.01. The highest BCUT2D eigenvalue weighted by Crippen LogP contribution is 2.32. The Balaban J connectivity index is 1.51. The lowest BCUT2D eigenvalue weighted by atomic mass is 9.88. The molecule has 3 N–H and O–H groups in total. The third kappa shape index (κ3) is 3.18. The lowest BCUT2D eigenvalue weighted by Gasteiger charge is -2.26. The number of thioether (sulfide) groups is 2. The SMILES string of the molecule is CC1C[NH+]2NC(NC(=O)C3CCCCC3Cl)SC2S1. The van der Waals surface area contributed by atoms with Crippen LogP contribution in [-0.4, -0.2) is 33.3 Å². The van der Waals surface area contributed by atoms with Gasteiger partial charge in [0.25, 0.3) is 0 Å². The highest BCUT2D eigenvalue weighted by molar-refractivity contribution is 8.17. The van der Waals surface area contributed by atoms with Crippen molar-refractivity contribution in [2.75, 3.05) is 6.54 Å². The molecule has 7 heteroatoms. The van der Waals surface area contributed by atoms with Gasteiger partial charge < -0.3 is 5.32 Å². The van der Waals surface area contributed by atoms with Gasteiger partial charge in [0.15, 0.2) is 5.50 Å². The highest BCUT2D eigenvalue weighted by Gasteiger charge is 2.45. The fourth-order valence-corrected chi connectivity index (χ4v) is 6.56. The van der Waals surface area contributed by atoms with Crippen LogP contribution in [-0.2, 0) is 4.79 Å². The number of hydrogen-bond acceptors (Lipinski definition) is 4. The van der Waals surface area contributed by atoms with Crippen molar-refractivity contribution in [1.82, 2.24) is 10.7 Å². The van der Waals surface area contributed by atoms with Crippen molar-refractivity contribution in [2.45, 2.75) is 53.4 Å². The molecule has 2 heterocycles. The van der Waals surface area contributed by atoms with E-state index in [1.807, 2.05) is 23.5 Å². The molecule has 1 saturated carbocycles. The van der Waals surface area contributed by atoms with Gasteiger partial charge in [0.2, 0.25) is 10.6 Å². The third-order valence-electron chi connectivity index (χ3n) is 4.02. The first-order valence-corrected chi connectivity index (χ1v) is 9.33. The molecule has 19 heavy (non-hydrogen) atoms. The normalized spacial score (nSPS) is 46.0. The van der Waals surface area contributed by atoms with Crippen molar-refractivity contribution in [3.8, 4) is 0 Å². The Bertz CT molecular complexity index is 346. The fraction of sp³-hybridized carbons (Fsp3) is 0.917. The first-order chi connectivity index (χ1) is 9.13. The number of carbonyl (C=O) groups is 1. The van der Waals surface area contributed by atoms with E-state index in [-0.39, 0.29) is 22.7 Å². The summed E-state index contributed by atoms with van der Waals surface area (Å²) in [5.41, 5.74) is 3.49. The van der Waals surface area contributed by atoms with Gasteiger partial charge in [-0.3, -0.25) is 4.79 Å². The molecular weight excluding hydrogens is 302 g/mol. The van der Waals surface area contributed by atoms with E-state index in [1.165, 1.54) is 5.01 Å². The van der Waals surface area contributed by atoms with Crippen molar-refractivity contribution in [2.24, 2.45) is 5.92 Å². The molecule has 3 fully saturated rings. The van der Waals surface area contributed by atoms with E-state index in [2.05, 4.69) is 17.7 Å². The molecule has 1 amide bonds. The van der Waals surface area contributed by atoms with Gasteiger partial charge in [-0.15, -0.1) is 17.0 Å². The maximum Gasteiger partial charge on any atom is 0.226 e. The van der Waals surface area contributed by atoms with E-state index in [0.717, 1.165) is 32.2 Å². The predicted molar refractivity (Wildman–Crippen MR) is 80.9 cm³/mol. The van der Waals surface area contributed by atoms with Gasteiger partial charge in [-0.1, -0.05) is 24.6 Å². The summed E-state index contributed by atoms with van der Waals surface area (Å²) in [5, 5.41) is 5.22. The van der Waals surface area contributed by atoms with E-state index in [4.69, 9.17) is 11.6 Å². The van der Waals surface area contributed by atoms with Crippen molar-refractivity contribution in [1.29, 1.82) is 0 Å². The molecule has 2 saturated heterocycles. The number of carbonyl (C=O) groups excluding carboxylic acids is 1. The summed E-state index contributed by atoms with van der Waals surface area (Å²) < 4.78 is 0.512. The largest absolute Gasteiger partial charge is 0.327 e. The fourth-order valence-electron chi connectivity index (χ4n) is 3.00. The van der Waals surface area contributed by atoms with Crippen LogP contribution in [0, 0.1) is 5.92 Å². The quantitative estimate of drug-likeness (QED) is 0.656. The second-order valence-electron chi connectivity index (χ2n) is 5.58. The number of halogens is 1. The molecule has 3 rings (SSSR count). The molecule has 2 aliphatic heterocycles. The number of nitrogens with one attached hydrogen (secondary N) is 3. The minimum Gasteiger partial charge on any atom is -0.327 e. The molecule has 0 aromatic carbocycles. The molecule has 0 bridgehead atoms. The Labute approximate surface area is 127 Å². The van der Waals surface area contributed by atoms with Gasteiger partial charge in [0, 0.05) is 5.38 Å². The number of amides is 1. The molecule has 108 valence electrons. The van der Waals surface area contributed by atoms with Crippen molar-refractivity contribution in [3.05, 3.63) is 0 Å². The minimum atomic E-state index is -0.00478. The number of rotatable bonds is 2. The number of quaternary nitrogens is 1. The second kappa shape index (κ2) is 6.02. The topological polar surface area (TPSA) is 45.6 Å². The van der Waals surface area contributed by atoms with Gasteiger partial charge in [-0.25, -0.2) is 5.01 Å². The Morgan fingerprint density at radius 3 is 2.89 bits per heavy atom. The molecule has 3 aliphatic rings.